The van der Waals surface area contributed by atoms with Crippen molar-refractivity contribution < 1.29 is 13.3 Å². The largest absolute Gasteiger partial charge is 0.358 e. The fourth-order valence-electron chi connectivity index (χ4n) is 2.78. The van der Waals surface area contributed by atoms with Crippen LogP contribution >= 0.6 is 11.3 Å². The third kappa shape index (κ3) is 3.22. The molecule has 0 radical (unpaired) electrons. The first-order valence-electron chi connectivity index (χ1n) is 7.09. The molecular formula is C13H16N4O4S2. The highest BCUT2D eigenvalue weighted by molar-refractivity contribution is 7.92. The second-order valence-electron chi connectivity index (χ2n) is 5.56. The summed E-state index contributed by atoms with van der Waals surface area (Å²) in [7, 11) is -3.45. The number of hydrogen-bond donors (Lipinski definition) is 1. The molecule has 8 nitrogen and oxygen atoms in total. The summed E-state index contributed by atoms with van der Waals surface area (Å²) in [6, 6.07) is 3.10. The molecule has 10 heteroatoms. The van der Waals surface area contributed by atoms with Gasteiger partial charge in [-0.3, -0.25) is 15.2 Å². The van der Waals surface area contributed by atoms with Gasteiger partial charge >= 0.3 is 5.69 Å². The van der Waals surface area contributed by atoms with Gasteiger partial charge in [0.1, 0.15) is 4.21 Å². The molecule has 2 aromatic heterocycles. The number of H-pyrrole nitrogens is 1. The molecule has 3 rings (SSSR count). The van der Waals surface area contributed by atoms with Crippen LogP contribution < -0.4 is 4.90 Å². The number of aromatic nitrogens is 2. The van der Waals surface area contributed by atoms with Gasteiger partial charge in [0.05, 0.1) is 4.92 Å². The quantitative estimate of drug-likeness (QED) is 0.664. The lowest BCUT2D eigenvalue weighted by atomic mass is 9.94. The fourth-order valence-corrected chi connectivity index (χ4v) is 4.86. The zero-order valence-electron chi connectivity index (χ0n) is 12.4. The summed E-state index contributed by atoms with van der Waals surface area (Å²) < 4.78 is 23.4. The number of thiophene rings is 1. The van der Waals surface area contributed by atoms with Gasteiger partial charge in [0.2, 0.25) is 0 Å². The number of nitrogens with zero attached hydrogens (tertiary/aromatic N) is 3. The number of aromatic amines is 1. The number of piperidine rings is 1. The Hall–Kier alpha value is -1.94. The number of sulfone groups is 1. The second kappa shape index (κ2) is 5.93. The Labute approximate surface area is 137 Å². The fraction of sp³-hybridized carbons (Fsp3) is 0.462. The van der Waals surface area contributed by atoms with Crippen LogP contribution in [0.4, 0.5) is 10.7 Å². The average molecular weight is 356 g/mol. The summed E-state index contributed by atoms with van der Waals surface area (Å²) in [5, 5.41) is 18.6. The Morgan fingerprint density at radius 3 is 2.65 bits per heavy atom. The zero-order valence-corrected chi connectivity index (χ0v) is 14.1. The van der Waals surface area contributed by atoms with Crippen LogP contribution in [0, 0.1) is 10.1 Å². The van der Waals surface area contributed by atoms with Gasteiger partial charge in [-0.15, -0.1) is 0 Å². The Morgan fingerprint density at radius 2 is 2.13 bits per heavy atom. The second-order valence-corrected chi connectivity index (χ2v) is 8.83. The topological polar surface area (TPSA) is 109 Å². The van der Waals surface area contributed by atoms with E-state index in [0.29, 0.717) is 24.0 Å². The van der Waals surface area contributed by atoms with Gasteiger partial charge in [0, 0.05) is 43.2 Å². The molecule has 124 valence electrons. The zero-order chi connectivity index (χ0) is 16.6. The van der Waals surface area contributed by atoms with Crippen LogP contribution in [0.25, 0.3) is 0 Å². The number of hydrogen-bond acceptors (Lipinski definition) is 7. The standard InChI is InChI=1S/C13H16N4O4S2/c1-23(20,21)12-8-11(17(18)19)13(22-12)16-6-3-9(4-7-16)10-2-5-14-15-10/h2,5,8-9H,3-4,6-7H2,1H3,(H,14,15). The number of nitro groups is 1. The van der Waals surface area contributed by atoms with E-state index in [9.17, 15) is 18.5 Å². The van der Waals surface area contributed by atoms with Crippen molar-refractivity contribution >= 4 is 31.9 Å². The SMILES string of the molecule is CS(=O)(=O)c1cc([N+](=O)[O-])c(N2CCC(c3ccn[nH]3)CC2)s1. The Bertz CT molecular complexity index is 805. The van der Waals surface area contributed by atoms with Crippen molar-refractivity contribution in [2.75, 3.05) is 24.2 Å². The van der Waals surface area contributed by atoms with Crippen LogP contribution in [-0.4, -0.2) is 42.9 Å². The maximum absolute atomic E-state index is 11.7. The molecule has 3 heterocycles. The van der Waals surface area contributed by atoms with E-state index in [1.54, 1.807) is 6.20 Å². The first-order chi connectivity index (χ1) is 10.9. The molecule has 0 bridgehead atoms. The molecule has 1 N–H and O–H groups in total. The molecule has 2 aromatic rings. The van der Waals surface area contributed by atoms with Gasteiger partial charge < -0.3 is 4.90 Å². The van der Waals surface area contributed by atoms with E-state index in [1.807, 2.05) is 11.0 Å². The number of anilines is 1. The third-order valence-electron chi connectivity index (χ3n) is 3.98. The van der Waals surface area contributed by atoms with Gasteiger partial charge in [0.25, 0.3) is 0 Å². The van der Waals surface area contributed by atoms with Crippen LogP contribution in [-0.2, 0) is 9.84 Å². The molecule has 0 spiro atoms. The summed E-state index contributed by atoms with van der Waals surface area (Å²) in [4.78, 5) is 12.6. The summed E-state index contributed by atoms with van der Waals surface area (Å²) >= 11 is 0.976. The maximum Gasteiger partial charge on any atom is 0.305 e. The van der Waals surface area contributed by atoms with Crippen molar-refractivity contribution in [3.8, 4) is 0 Å². The molecule has 0 saturated carbocycles. The highest BCUT2D eigenvalue weighted by Crippen LogP contribution is 2.42. The predicted molar refractivity (Wildman–Crippen MR) is 86.9 cm³/mol. The van der Waals surface area contributed by atoms with E-state index in [1.165, 1.54) is 0 Å². The molecule has 23 heavy (non-hydrogen) atoms. The van der Waals surface area contributed by atoms with Gasteiger partial charge in [-0.25, -0.2) is 8.42 Å². The minimum atomic E-state index is -3.45. The normalized spacial score (nSPS) is 16.7. The number of rotatable bonds is 4. The summed E-state index contributed by atoms with van der Waals surface area (Å²) in [5.74, 6) is 0.349. The van der Waals surface area contributed by atoms with Gasteiger partial charge in [-0.05, 0) is 18.9 Å². The first-order valence-corrected chi connectivity index (χ1v) is 9.79. The molecule has 1 aliphatic heterocycles. The van der Waals surface area contributed by atoms with E-state index in [-0.39, 0.29) is 9.90 Å². The Kier molecular flexibility index (Phi) is 4.11. The van der Waals surface area contributed by atoms with Crippen molar-refractivity contribution in [1.82, 2.24) is 10.2 Å². The summed E-state index contributed by atoms with van der Waals surface area (Å²) in [6.45, 7) is 1.29. The Balaban J connectivity index is 1.82. The number of nitrogens with one attached hydrogen (secondary N) is 1. The predicted octanol–water partition coefficient (Wildman–Crippen LogP) is 2.17. The van der Waals surface area contributed by atoms with E-state index < -0.39 is 14.8 Å². The third-order valence-corrected chi connectivity index (χ3v) is 6.96. The van der Waals surface area contributed by atoms with Crippen molar-refractivity contribution in [2.24, 2.45) is 0 Å². The Morgan fingerprint density at radius 1 is 1.43 bits per heavy atom. The molecule has 0 unspecified atom stereocenters. The van der Waals surface area contributed by atoms with Crippen molar-refractivity contribution in [3.05, 3.63) is 34.1 Å². The molecule has 0 atom stereocenters. The molecule has 1 fully saturated rings. The van der Waals surface area contributed by atoms with E-state index in [2.05, 4.69) is 10.2 Å². The minimum Gasteiger partial charge on any atom is -0.358 e. The van der Waals surface area contributed by atoms with Crippen molar-refractivity contribution in [1.29, 1.82) is 0 Å². The average Bonchev–Trinajstić information content (AvgIpc) is 3.16. The highest BCUT2D eigenvalue weighted by Gasteiger charge is 2.30. The van der Waals surface area contributed by atoms with E-state index >= 15 is 0 Å². The smallest absolute Gasteiger partial charge is 0.305 e. The van der Waals surface area contributed by atoms with Crippen LogP contribution in [0.15, 0.2) is 22.5 Å². The monoisotopic (exact) mass is 356 g/mol. The molecular weight excluding hydrogens is 340 g/mol. The van der Waals surface area contributed by atoms with Crippen LogP contribution in [0.1, 0.15) is 24.5 Å². The van der Waals surface area contributed by atoms with E-state index in [4.69, 9.17) is 0 Å². The minimum absolute atomic E-state index is 0.0369. The molecule has 1 saturated heterocycles. The molecule has 1 aliphatic rings. The molecule has 0 aromatic carbocycles. The lowest BCUT2D eigenvalue weighted by Gasteiger charge is -2.31. The van der Waals surface area contributed by atoms with Crippen molar-refractivity contribution in [3.63, 3.8) is 0 Å². The van der Waals surface area contributed by atoms with Crippen LogP contribution in [0.3, 0.4) is 0 Å². The van der Waals surface area contributed by atoms with Gasteiger partial charge in [-0.1, -0.05) is 11.3 Å². The summed E-state index contributed by atoms with van der Waals surface area (Å²) in [6.07, 6.45) is 4.46. The van der Waals surface area contributed by atoms with E-state index in [0.717, 1.165) is 42.2 Å². The van der Waals surface area contributed by atoms with Crippen LogP contribution in [0.2, 0.25) is 0 Å². The lowest BCUT2D eigenvalue weighted by molar-refractivity contribution is -0.383. The van der Waals surface area contributed by atoms with Crippen molar-refractivity contribution in [2.45, 2.75) is 23.0 Å². The van der Waals surface area contributed by atoms with Gasteiger partial charge in [-0.2, -0.15) is 5.10 Å². The highest BCUT2D eigenvalue weighted by atomic mass is 32.2. The molecule has 0 amide bonds. The summed E-state index contributed by atoms with van der Waals surface area (Å²) in [5.41, 5.74) is 0.942. The maximum atomic E-state index is 11.7. The lowest BCUT2D eigenvalue weighted by Crippen LogP contribution is -2.32. The molecule has 0 aliphatic carbocycles. The van der Waals surface area contributed by atoms with Crippen LogP contribution in [0.5, 0.6) is 0 Å². The van der Waals surface area contributed by atoms with Gasteiger partial charge in [0.15, 0.2) is 14.8 Å². The first kappa shape index (κ1) is 15.9.